The molecule has 10 heteroatoms. The van der Waals surface area contributed by atoms with E-state index in [9.17, 15) is 14.4 Å². The quantitative estimate of drug-likeness (QED) is 0.609. The summed E-state index contributed by atoms with van der Waals surface area (Å²) in [5, 5.41) is 0. The molecule has 3 aliphatic rings. The van der Waals surface area contributed by atoms with Gasteiger partial charge >= 0.3 is 125 Å². The summed E-state index contributed by atoms with van der Waals surface area (Å²) in [4.78, 5) is 36.6. The average molecular weight is 337 g/mol. The topological polar surface area (TPSA) is 107 Å². The normalized spacial score (nSPS) is 37.6. The maximum absolute atomic E-state index is 12.2. The Labute approximate surface area is 126 Å². The molecule has 126 valence electrons. The molecule has 0 amide bonds. The molecule has 0 aromatic rings. The minimum absolute atomic E-state index is 0.931. The van der Waals surface area contributed by atoms with Crippen LogP contribution < -0.4 is 0 Å². The van der Waals surface area contributed by atoms with Gasteiger partial charge in [0.05, 0.1) is 0 Å². The first kappa shape index (κ1) is 15.6. The predicted octanol–water partition coefficient (Wildman–Crippen LogP) is 1.62. The molecule has 0 unspecified atom stereocenters. The van der Waals surface area contributed by atoms with Crippen molar-refractivity contribution in [3.05, 3.63) is 0 Å². The predicted molar refractivity (Wildman–Crippen MR) is 70.7 cm³/mol. The summed E-state index contributed by atoms with van der Waals surface area (Å²) in [7, 11) is -6.28. The molecule has 0 aliphatic carbocycles. The molecule has 0 N–H and O–H groups in total. The number of carbonyl (C=O) groups excluding carboxylic acids is 3. The summed E-state index contributed by atoms with van der Waals surface area (Å²) in [5.74, 6) is -2.79. The molecule has 0 atom stereocenters. The number of hydrogen-bond acceptors (Lipinski definition) is 9. The van der Waals surface area contributed by atoms with Crippen molar-refractivity contribution in [3.63, 3.8) is 0 Å². The Morgan fingerprint density at radius 1 is 0.591 bits per heavy atom. The summed E-state index contributed by atoms with van der Waals surface area (Å²) >= 11 is 0. The summed E-state index contributed by atoms with van der Waals surface area (Å²) in [5.41, 5.74) is -4.80. The van der Waals surface area contributed by atoms with Crippen LogP contribution in [0.2, 0.25) is 0 Å². The summed E-state index contributed by atoms with van der Waals surface area (Å²) in [6.07, 6.45) is 0. The number of hydrogen-bond donors (Lipinski definition) is 0. The van der Waals surface area contributed by atoms with Crippen LogP contribution in [0.3, 0.4) is 0 Å². The van der Waals surface area contributed by atoms with Gasteiger partial charge in [-0.25, -0.2) is 0 Å². The molecule has 3 fully saturated rings. The molecule has 3 rings (SSSR count). The second kappa shape index (κ2) is 3.17. The van der Waals surface area contributed by atoms with E-state index >= 15 is 0 Å². The van der Waals surface area contributed by atoms with Crippen LogP contribution >= 0.6 is 7.31 Å². The first-order valence-corrected chi connectivity index (χ1v) is 8.87. The molecule has 3 saturated heterocycles. The van der Waals surface area contributed by atoms with E-state index in [1.165, 1.54) is 41.5 Å². The van der Waals surface area contributed by atoms with Gasteiger partial charge in [0.15, 0.2) is 0 Å². The van der Waals surface area contributed by atoms with Crippen molar-refractivity contribution in [1.82, 2.24) is 0 Å². The molecule has 3 heterocycles. The van der Waals surface area contributed by atoms with Gasteiger partial charge in [-0.3, -0.25) is 0 Å². The van der Waals surface area contributed by atoms with Crippen molar-refractivity contribution < 1.29 is 41.5 Å². The number of carbonyl (C=O) groups is 3. The van der Waals surface area contributed by atoms with Crippen LogP contribution in [0.5, 0.6) is 0 Å². The number of rotatable bonds is 0. The van der Waals surface area contributed by atoms with Crippen molar-refractivity contribution in [1.29, 1.82) is 0 Å². The first-order chi connectivity index (χ1) is 9.62. The molecule has 22 heavy (non-hydrogen) atoms. The zero-order chi connectivity index (χ0) is 16.9. The second-order valence-corrected chi connectivity index (χ2v) is 10.4. The molecule has 0 radical (unpaired) electrons. The molecule has 9 nitrogen and oxygen atoms in total. The van der Waals surface area contributed by atoms with E-state index in [-0.39, 0.29) is 0 Å². The van der Waals surface area contributed by atoms with Gasteiger partial charge in [-0.15, -0.1) is 0 Å². The van der Waals surface area contributed by atoms with E-state index < -0.39 is 42.0 Å². The second-order valence-electron chi connectivity index (χ2n) is 7.06. The Morgan fingerprint density at radius 3 is 0.955 bits per heavy atom. The fraction of sp³-hybridized carbons (Fsp3) is 0.750. The third-order valence-corrected chi connectivity index (χ3v) is 7.63. The van der Waals surface area contributed by atoms with Gasteiger partial charge in [0.2, 0.25) is 0 Å². The van der Waals surface area contributed by atoms with E-state index in [2.05, 4.69) is 0 Å². The van der Waals surface area contributed by atoms with Gasteiger partial charge < -0.3 is 0 Å². The van der Waals surface area contributed by atoms with Crippen molar-refractivity contribution in [2.45, 2.75) is 58.3 Å². The van der Waals surface area contributed by atoms with E-state index in [0.29, 0.717) is 0 Å². The van der Waals surface area contributed by atoms with Crippen LogP contribution in [0.4, 0.5) is 0 Å². The van der Waals surface area contributed by atoms with Crippen LogP contribution in [0.15, 0.2) is 0 Å². The Kier molecular flexibility index (Phi) is 2.25. The van der Waals surface area contributed by atoms with Gasteiger partial charge in [-0.2, -0.15) is 0 Å². The van der Waals surface area contributed by atoms with Gasteiger partial charge in [0.1, 0.15) is 0 Å². The van der Waals surface area contributed by atoms with Crippen LogP contribution in [0.1, 0.15) is 41.5 Å². The molecule has 0 saturated carbocycles. The fourth-order valence-electron chi connectivity index (χ4n) is 2.63. The van der Waals surface area contributed by atoms with Crippen molar-refractivity contribution in [2.75, 3.05) is 0 Å². The van der Waals surface area contributed by atoms with Crippen molar-refractivity contribution >= 4 is 25.2 Å². The van der Waals surface area contributed by atoms with Crippen LogP contribution in [-0.2, 0) is 41.5 Å². The summed E-state index contributed by atoms with van der Waals surface area (Å²) in [6.45, 7) is 8.15. The molecule has 1 spiro atoms. The molecule has 0 bridgehead atoms. The molecular weight excluding hydrogens is 319 g/mol. The molecular formula is C12H18O9P-. The Balaban J connectivity index is 2.31. The van der Waals surface area contributed by atoms with Gasteiger partial charge in [-0.05, 0) is 0 Å². The Morgan fingerprint density at radius 2 is 0.818 bits per heavy atom. The van der Waals surface area contributed by atoms with Crippen molar-refractivity contribution in [3.8, 4) is 0 Å². The third kappa shape index (κ3) is 1.54. The van der Waals surface area contributed by atoms with Crippen LogP contribution in [0, 0.1) is 0 Å². The maximum atomic E-state index is 12.2. The summed E-state index contributed by atoms with van der Waals surface area (Å²) < 4.78 is 32.4. The molecule has 0 aromatic carbocycles. The fourth-order valence-corrected chi connectivity index (χ4v) is 7.88. The Hall–Kier alpha value is -1.28. The first-order valence-electron chi connectivity index (χ1n) is 6.68. The SMILES string of the molecule is CC1(C)O[P-]23(OC1=O)(OC(=O)C(C)(C)O2)OC(=O)C(C)(C)O3. The Bertz CT molecular complexity index is 563. The zero-order valence-corrected chi connectivity index (χ0v) is 14.0. The van der Waals surface area contributed by atoms with Gasteiger partial charge in [0.25, 0.3) is 0 Å². The minimum atomic E-state index is -6.28. The van der Waals surface area contributed by atoms with E-state index in [1.807, 2.05) is 0 Å². The zero-order valence-electron chi connectivity index (χ0n) is 13.1. The van der Waals surface area contributed by atoms with E-state index in [1.54, 1.807) is 0 Å². The molecule has 3 aliphatic heterocycles. The third-order valence-electron chi connectivity index (χ3n) is 3.53. The van der Waals surface area contributed by atoms with E-state index in [0.717, 1.165) is 0 Å². The van der Waals surface area contributed by atoms with Crippen LogP contribution in [-0.4, -0.2) is 34.7 Å². The standard InChI is InChI=1S/C12H18O9P/c1-10(2)7(13)16-22(19-10,17-8(14)11(3,4)20-22)18-9(15)12(5,6)21-22/h1-6H3/q-1. The molecule has 0 aromatic heterocycles. The summed E-state index contributed by atoms with van der Waals surface area (Å²) in [6, 6.07) is 0. The monoisotopic (exact) mass is 337 g/mol. The van der Waals surface area contributed by atoms with Crippen LogP contribution in [0.25, 0.3) is 0 Å². The van der Waals surface area contributed by atoms with Crippen molar-refractivity contribution in [2.24, 2.45) is 0 Å². The van der Waals surface area contributed by atoms with E-state index in [4.69, 9.17) is 27.1 Å². The van der Waals surface area contributed by atoms with Gasteiger partial charge in [-0.1, -0.05) is 0 Å². The average Bonchev–Trinajstić information content (AvgIpc) is 2.59. The van der Waals surface area contributed by atoms with Gasteiger partial charge in [0, 0.05) is 0 Å².